The van der Waals surface area contributed by atoms with Gasteiger partial charge in [-0.1, -0.05) is 11.6 Å². The smallest absolute Gasteiger partial charge is 0.248 e. The summed E-state index contributed by atoms with van der Waals surface area (Å²) in [5.41, 5.74) is 2.92. The molecule has 1 heterocycles. The number of carbonyl (C=O) groups is 1. The highest BCUT2D eigenvalue weighted by atomic mass is 16.1. The van der Waals surface area contributed by atoms with Crippen molar-refractivity contribution in [3.63, 3.8) is 0 Å². The van der Waals surface area contributed by atoms with Gasteiger partial charge in [-0.05, 0) is 66.1 Å². The Hall–Kier alpha value is -2.50. The van der Waals surface area contributed by atoms with Crippen LogP contribution in [-0.4, -0.2) is 26.1 Å². The van der Waals surface area contributed by atoms with Crippen LogP contribution in [0.3, 0.4) is 0 Å². The van der Waals surface area contributed by atoms with Crippen molar-refractivity contribution in [2.24, 2.45) is 11.8 Å². The number of aromatic nitrogens is 4. The molecule has 2 aliphatic rings. The molecule has 0 atom stereocenters. The third-order valence-electron chi connectivity index (χ3n) is 4.12. The molecule has 0 spiro atoms. The molecule has 1 aromatic carbocycles. The molecule has 1 N–H and O–H groups in total. The van der Waals surface area contributed by atoms with Crippen LogP contribution in [0.15, 0.2) is 42.2 Å². The van der Waals surface area contributed by atoms with Gasteiger partial charge in [0.05, 0.1) is 5.69 Å². The summed E-state index contributed by atoms with van der Waals surface area (Å²) in [5.74, 6) is 1.28. The van der Waals surface area contributed by atoms with Crippen molar-refractivity contribution in [1.82, 2.24) is 20.2 Å². The van der Waals surface area contributed by atoms with Crippen LogP contribution in [0.4, 0.5) is 5.69 Å². The number of hydrogen-bond acceptors (Lipinski definition) is 4. The van der Waals surface area contributed by atoms with E-state index in [0.717, 1.165) is 11.4 Å². The van der Waals surface area contributed by atoms with Gasteiger partial charge >= 0.3 is 0 Å². The Morgan fingerprint density at radius 2 is 2.00 bits per heavy atom. The van der Waals surface area contributed by atoms with Gasteiger partial charge < -0.3 is 5.32 Å². The standard InChI is InChI=1S/C16H17N5O/c22-16(9-15(11-4-5-11)12-6-7-12)18-13-2-1-3-14(8-13)21-10-17-19-20-21/h1-3,8-12H,4-7H2,(H,18,22). The summed E-state index contributed by atoms with van der Waals surface area (Å²) in [4.78, 5) is 12.3. The third kappa shape index (κ3) is 2.90. The predicted octanol–water partition coefficient (Wildman–Crippen LogP) is 2.35. The molecule has 22 heavy (non-hydrogen) atoms. The molecule has 1 amide bonds. The summed E-state index contributed by atoms with van der Waals surface area (Å²) in [6.07, 6.45) is 8.31. The highest BCUT2D eigenvalue weighted by molar-refractivity contribution is 6.00. The monoisotopic (exact) mass is 295 g/mol. The van der Waals surface area contributed by atoms with Crippen molar-refractivity contribution in [2.45, 2.75) is 25.7 Å². The Kier molecular flexibility index (Phi) is 3.21. The molecule has 1 aromatic heterocycles. The first-order valence-electron chi connectivity index (χ1n) is 7.65. The molecular formula is C16H17N5O. The molecule has 0 radical (unpaired) electrons. The van der Waals surface area contributed by atoms with E-state index < -0.39 is 0 Å². The van der Waals surface area contributed by atoms with Gasteiger partial charge in [-0.2, -0.15) is 0 Å². The van der Waals surface area contributed by atoms with Crippen LogP contribution < -0.4 is 5.32 Å². The average Bonchev–Trinajstić information content (AvgIpc) is 3.45. The molecular weight excluding hydrogens is 278 g/mol. The van der Waals surface area contributed by atoms with Crippen LogP contribution in [0.1, 0.15) is 25.7 Å². The van der Waals surface area contributed by atoms with Gasteiger partial charge in [0.15, 0.2) is 0 Å². The number of nitrogens with zero attached hydrogens (tertiary/aromatic N) is 4. The zero-order chi connectivity index (χ0) is 14.9. The molecule has 6 heteroatoms. The Morgan fingerprint density at radius 3 is 2.64 bits per heavy atom. The van der Waals surface area contributed by atoms with Crippen LogP contribution in [0.5, 0.6) is 0 Å². The maximum absolute atomic E-state index is 12.3. The van der Waals surface area contributed by atoms with Crippen molar-refractivity contribution in [1.29, 1.82) is 0 Å². The normalized spacial score (nSPS) is 17.1. The average molecular weight is 295 g/mol. The first kappa shape index (κ1) is 13.2. The van der Waals surface area contributed by atoms with E-state index in [1.807, 2.05) is 30.3 Å². The van der Waals surface area contributed by atoms with Crippen LogP contribution in [0, 0.1) is 11.8 Å². The second-order valence-corrected chi connectivity index (χ2v) is 5.99. The zero-order valence-electron chi connectivity index (χ0n) is 12.1. The number of rotatable bonds is 5. The number of nitrogens with one attached hydrogen (secondary N) is 1. The number of amides is 1. The summed E-state index contributed by atoms with van der Waals surface area (Å²) < 4.78 is 1.56. The molecule has 112 valence electrons. The van der Waals surface area contributed by atoms with Crippen molar-refractivity contribution < 1.29 is 4.79 Å². The van der Waals surface area contributed by atoms with Crippen molar-refractivity contribution in [3.05, 3.63) is 42.2 Å². The summed E-state index contributed by atoms with van der Waals surface area (Å²) >= 11 is 0. The minimum absolute atomic E-state index is 0.0392. The molecule has 0 saturated heterocycles. The molecule has 0 bridgehead atoms. The van der Waals surface area contributed by atoms with E-state index in [1.165, 1.54) is 37.6 Å². The maximum Gasteiger partial charge on any atom is 0.248 e. The molecule has 6 nitrogen and oxygen atoms in total. The van der Waals surface area contributed by atoms with Crippen molar-refractivity contribution in [3.8, 4) is 5.69 Å². The minimum atomic E-state index is -0.0392. The molecule has 2 aliphatic carbocycles. The molecule has 4 rings (SSSR count). The fourth-order valence-corrected chi connectivity index (χ4v) is 2.74. The van der Waals surface area contributed by atoms with Gasteiger partial charge in [0, 0.05) is 11.8 Å². The van der Waals surface area contributed by atoms with E-state index in [-0.39, 0.29) is 5.91 Å². The number of tetrazole rings is 1. The first-order valence-corrected chi connectivity index (χ1v) is 7.65. The number of anilines is 1. The Balaban J connectivity index is 1.49. The molecule has 2 fully saturated rings. The Labute approximate surface area is 128 Å². The van der Waals surface area contributed by atoms with Crippen molar-refractivity contribution >= 4 is 11.6 Å². The van der Waals surface area contributed by atoms with E-state index in [4.69, 9.17) is 0 Å². The van der Waals surface area contributed by atoms with E-state index >= 15 is 0 Å². The highest BCUT2D eigenvalue weighted by Crippen LogP contribution is 2.48. The number of allylic oxidation sites excluding steroid dienone is 1. The van der Waals surface area contributed by atoms with Gasteiger partial charge in [0.2, 0.25) is 5.91 Å². The quantitative estimate of drug-likeness (QED) is 0.859. The van der Waals surface area contributed by atoms with Gasteiger partial charge in [0.25, 0.3) is 0 Å². The topological polar surface area (TPSA) is 72.7 Å². The Bertz CT molecular complexity index is 700. The summed E-state index contributed by atoms with van der Waals surface area (Å²) in [5, 5.41) is 14.0. The largest absolute Gasteiger partial charge is 0.322 e. The van der Waals surface area contributed by atoms with E-state index in [9.17, 15) is 4.79 Å². The van der Waals surface area contributed by atoms with Gasteiger partial charge in [-0.15, -0.1) is 5.10 Å². The van der Waals surface area contributed by atoms with Crippen LogP contribution >= 0.6 is 0 Å². The van der Waals surface area contributed by atoms with Crippen LogP contribution in [0.25, 0.3) is 5.69 Å². The fourth-order valence-electron chi connectivity index (χ4n) is 2.74. The van der Waals surface area contributed by atoms with Crippen LogP contribution in [-0.2, 0) is 4.79 Å². The molecule has 0 unspecified atom stereocenters. The van der Waals surface area contributed by atoms with Gasteiger partial charge in [-0.3, -0.25) is 4.79 Å². The predicted molar refractivity (Wildman–Crippen MR) is 81.3 cm³/mol. The second-order valence-electron chi connectivity index (χ2n) is 5.99. The molecule has 0 aliphatic heterocycles. The summed E-state index contributed by atoms with van der Waals surface area (Å²) in [7, 11) is 0. The van der Waals surface area contributed by atoms with E-state index in [2.05, 4.69) is 20.8 Å². The number of hydrogen-bond donors (Lipinski definition) is 1. The van der Waals surface area contributed by atoms with E-state index in [0.29, 0.717) is 11.8 Å². The lowest BCUT2D eigenvalue weighted by Crippen LogP contribution is -2.10. The summed E-state index contributed by atoms with van der Waals surface area (Å²) in [6, 6.07) is 7.49. The highest BCUT2D eigenvalue weighted by Gasteiger charge is 2.36. The molecule has 2 aromatic rings. The van der Waals surface area contributed by atoms with Gasteiger partial charge in [-0.25, -0.2) is 4.68 Å². The lowest BCUT2D eigenvalue weighted by Gasteiger charge is -2.07. The number of carbonyl (C=O) groups excluding carboxylic acids is 1. The first-order chi connectivity index (χ1) is 10.8. The second kappa shape index (κ2) is 5.36. The van der Waals surface area contributed by atoms with Gasteiger partial charge in [0.1, 0.15) is 6.33 Å². The lowest BCUT2D eigenvalue weighted by atomic mass is 10.1. The lowest BCUT2D eigenvalue weighted by molar-refractivity contribution is -0.112. The minimum Gasteiger partial charge on any atom is -0.322 e. The maximum atomic E-state index is 12.3. The SMILES string of the molecule is O=C(C=C(C1CC1)C1CC1)Nc1cccc(-n2cnnn2)c1. The molecule has 2 saturated carbocycles. The summed E-state index contributed by atoms with van der Waals surface area (Å²) in [6.45, 7) is 0. The van der Waals surface area contributed by atoms with Crippen molar-refractivity contribution in [2.75, 3.05) is 5.32 Å². The number of benzene rings is 1. The zero-order valence-corrected chi connectivity index (χ0v) is 12.1. The Morgan fingerprint density at radius 1 is 1.23 bits per heavy atom. The fraction of sp³-hybridized carbons (Fsp3) is 0.375. The van der Waals surface area contributed by atoms with E-state index in [1.54, 1.807) is 4.68 Å². The van der Waals surface area contributed by atoms with Crippen LogP contribution in [0.2, 0.25) is 0 Å². The third-order valence-corrected chi connectivity index (χ3v) is 4.12.